The zero-order valence-corrected chi connectivity index (χ0v) is 5.99. The summed E-state index contributed by atoms with van der Waals surface area (Å²) in [5.41, 5.74) is 0. The molecule has 0 fully saturated rings. The van der Waals surface area contributed by atoms with Gasteiger partial charge in [-0.1, -0.05) is 29.8 Å². The zero-order valence-electron chi connectivity index (χ0n) is 5.10. The van der Waals surface area contributed by atoms with Crippen molar-refractivity contribution in [2.75, 3.05) is 0 Å². The van der Waals surface area contributed by atoms with Crippen molar-refractivity contribution < 1.29 is 13.5 Å². The highest BCUT2D eigenvalue weighted by atomic mass is 32.1. The largest absolute Gasteiger partial charge is 0.508 e. The van der Waals surface area contributed by atoms with E-state index < -0.39 is 11.6 Å². The lowest BCUT2D eigenvalue weighted by Crippen LogP contribution is -1.56. The summed E-state index contributed by atoms with van der Waals surface area (Å²) in [7, 11) is 0. The highest BCUT2D eigenvalue weighted by Crippen LogP contribution is 2.02. The third-order valence-corrected chi connectivity index (χ3v) is 0.756. The number of para-hydroxylation sites is 1. The van der Waals surface area contributed by atoms with E-state index in [2.05, 4.69) is 0 Å². The van der Waals surface area contributed by atoms with Crippen molar-refractivity contribution in [3.8, 4) is 5.75 Å². The van der Waals surface area contributed by atoms with Crippen molar-refractivity contribution in [2.24, 2.45) is 0 Å². The molecule has 4 heteroatoms. The maximum atomic E-state index is 8.63. The van der Waals surface area contributed by atoms with Crippen LogP contribution in [0.5, 0.6) is 5.75 Å². The second kappa shape index (κ2) is 6.10. The minimum absolute atomic E-state index is 0.322. The first-order valence-corrected chi connectivity index (χ1v) is 3.23. The van der Waals surface area contributed by atoms with Gasteiger partial charge in [0.05, 0.1) is 0 Å². The minimum atomic E-state index is -1.08. The molecule has 0 saturated heterocycles. The predicted molar refractivity (Wildman–Crippen MR) is 38.2 cm³/mol. The van der Waals surface area contributed by atoms with Crippen LogP contribution in [0.15, 0.2) is 30.3 Å². The van der Waals surface area contributed by atoms with E-state index in [4.69, 9.17) is 13.5 Å². The Balaban J connectivity index is 0.000000236. The minimum Gasteiger partial charge on any atom is -0.508 e. The lowest BCUT2D eigenvalue weighted by molar-refractivity contribution is 0.475. The average Bonchev–Trinajstić information content (AvgIpc) is 1.91. The highest BCUT2D eigenvalue weighted by molar-refractivity contribution is 7.51. The molecule has 0 bridgehead atoms. The van der Waals surface area contributed by atoms with E-state index in [1.807, 2.05) is 6.07 Å². The van der Waals surface area contributed by atoms with Crippen molar-refractivity contribution >= 4 is 11.6 Å². The molecule has 0 aromatic heterocycles. The van der Waals surface area contributed by atoms with Crippen LogP contribution >= 0.6 is 0 Å². The van der Waals surface area contributed by atoms with Crippen LogP contribution in [0, 0.1) is 0 Å². The van der Waals surface area contributed by atoms with Gasteiger partial charge in [-0.2, -0.15) is 0 Å². The van der Waals surface area contributed by atoms with Gasteiger partial charge in [-0.05, 0) is 12.1 Å². The first kappa shape index (κ1) is 8.97. The molecule has 0 aliphatic heterocycles. The second-order valence-corrected chi connectivity index (χ2v) is 1.56. The molecule has 0 atom stereocenters. The van der Waals surface area contributed by atoms with Crippen molar-refractivity contribution in [3.63, 3.8) is 0 Å². The molecule has 1 N–H and O–H groups in total. The molecule has 10 heavy (non-hydrogen) atoms. The summed E-state index contributed by atoms with van der Waals surface area (Å²) in [6.07, 6.45) is 0. The summed E-state index contributed by atoms with van der Waals surface area (Å²) >= 11 is -1.08. The Morgan fingerprint density at radius 1 is 1.10 bits per heavy atom. The average molecular weight is 159 g/mol. The molecule has 0 amide bonds. The smallest absolute Gasteiger partial charge is 0.115 e. The summed E-state index contributed by atoms with van der Waals surface area (Å²) in [6, 6.07) is 8.71. The maximum Gasteiger partial charge on any atom is 0.115 e. The molecule has 56 valence electrons. The topological polar surface area (TPSA) is 54.4 Å². The van der Waals surface area contributed by atoms with Gasteiger partial charge in [-0.15, -0.1) is 0 Å². The van der Waals surface area contributed by atoms with Crippen molar-refractivity contribution in [2.45, 2.75) is 0 Å². The number of phenols is 1. The third kappa shape index (κ3) is 5.11. The fourth-order valence-electron chi connectivity index (χ4n) is 0.428. The highest BCUT2D eigenvalue weighted by Gasteiger charge is 1.74. The van der Waals surface area contributed by atoms with E-state index in [1.54, 1.807) is 24.3 Å². The quantitative estimate of drug-likeness (QED) is 0.451. The van der Waals surface area contributed by atoms with Gasteiger partial charge in [0.2, 0.25) is 0 Å². The van der Waals surface area contributed by atoms with Crippen LogP contribution in [-0.4, -0.2) is 5.11 Å². The predicted octanol–water partition coefficient (Wildman–Crippen LogP) is 0.884. The van der Waals surface area contributed by atoms with Gasteiger partial charge in [-0.25, -0.2) is 0 Å². The zero-order chi connectivity index (χ0) is 7.82. The Kier molecular flexibility index (Phi) is 5.47. The van der Waals surface area contributed by atoms with Gasteiger partial charge >= 0.3 is 0 Å². The Hall–Kier alpha value is -1.03. The molecule has 0 aliphatic rings. The number of rotatable bonds is 0. The van der Waals surface area contributed by atoms with Crippen LogP contribution in [-0.2, 0) is 20.0 Å². The molecular formula is C6H7O3S-. The number of hydrogen-bond donors (Lipinski definition) is 1. The van der Waals surface area contributed by atoms with E-state index in [-0.39, 0.29) is 0 Å². The van der Waals surface area contributed by atoms with Crippen LogP contribution in [0.3, 0.4) is 0 Å². The lowest BCUT2D eigenvalue weighted by atomic mass is 10.3. The van der Waals surface area contributed by atoms with E-state index in [0.717, 1.165) is 0 Å². The molecule has 3 nitrogen and oxygen atoms in total. The Bertz CT molecular complexity index is 203. The van der Waals surface area contributed by atoms with Gasteiger partial charge in [0.25, 0.3) is 0 Å². The number of phenolic OH excluding ortho intramolecular Hbond substituents is 1. The summed E-state index contributed by atoms with van der Waals surface area (Å²) in [6.45, 7) is 0. The summed E-state index contributed by atoms with van der Waals surface area (Å²) in [5, 5.41) is 8.63. The fourth-order valence-corrected chi connectivity index (χ4v) is 0.428. The SMILES string of the molecule is O=[SH-]=O.Oc1ccccc1. The third-order valence-electron chi connectivity index (χ3n) is 0.756. The van der Waals surface area contributed by atoms with Crippen LogP contribution < -0.4 is 0 Å². The molecule has 1 rings (SSSR count). The molecule has 0 saturated carbocycles. The first-order valence-electron chi connectivity index (χ1n) is 2.50. The number of aromatic hydroxyl groups is 1. The van der Waals surface area contributed by atoms with Crippen LogP contribution in [0.4, 0.5) is 0 Å². The van der Waals surface area contributed by atoms with E-state index in [9.17, 15) is 0 Å². The first-order chi connectivity index (χ1) is 4.81. The van der Waals surface area contributed by atoms with E-state index in [1.165, 1.54) is 0 Å². The molecule has 0 unspecified atom stereocenters. The number of benzene rings is 1. The molecule has 0 aliphatic carbocycles. The second-order valence-electron chi connectivity index (χ2n) is 1.41. The normalized spacial score (nSPS) is 7.60. The Morgan fingerprint density at radius 3 is 1.70 bits per heavy atom. The summed E-state index contributed by atoms with van der Waals surface area (Å²) in [5.74, 6) is 0.322. The maximum absolute atomic E-state index is 8.63. The van der Waals surface area contributed by atoms with Crippen LogP contribution in [0.25, 0.3) is 0 Å². The van der Waals surface area contributed by atoms with Crippen LogP contribution in [0.1, 0.15) is 0 Å². The summed E-state index contributed by atoms with van der Waals surface area (Å²) in [4.78, 5) is 0. The molecule has 0 heterocycles. The fraction of sp³-hybridized carbons (Fsp3) is 0. The van der Waals surface area contributed by atoms with Crippen molar-refractivity contribution in [1.82, 2.24) is 0 Å². The molecule has 1 aromatic carbocycles. The molecule has 1 aromatic rings. The number of hydrogen-bond acceptors (Lipinski definition) is 4. The lowest BCUT2D eigenvalue weighted by Gasteiger charge is -1.82. The van der Waals surface area contributed by atoms with Gasteiger partial charge in [-0.3, -0.25) is 0 Å². The van der Waals surface area contributed by atoms with Crippen LogP contribution in [0.2, 0.25) is 0 Å². The molecule has 0 spiro atoms. The van der Waals surface area contributed by atoms with Gasteiger partial charge in [0.15, 0.2) is 0 Å². The molecule has 0 radical (unpaired) electrons. The Labute approximate surface area is 61.9 Å². The van der Waals surface area contributed by atoms with E-state index in [0.29, 0.717) is 5.75 Å². The van der Waals surface area contributed by atoms with Crippen molar-refractivity contribution in [3.05, 3.63) is 30.3 Å². The Morgan fingerprint density at radius 2 is 1.50 bits per heavy atom. The van der Waals surface area contributed by atoms with Gasteiger partial charge in [0.1, 0.15) is 5.75 Å². The van der Waals surface area contributed by atoms with Gasteiger partial charge < -0.3 is 13.5 Å². The molecular weight excluding hydrogens is 152 g/mol. The van der Waals surface area contributed by atoms with E-state index >= 15 is 0 Å². The van der Waals surface area contributed by atoms with Crippen molar-refractivity contribution in [1.29, 1.82) is 0 Å². The standard InChI is InChI=1S/C6H6O.HO2S/c7-6-4-2-1-3-5-6;1-3-2/h1-5,7H;3H/q;-1. The summed E-state index contributed by atoms with van der Waals surface area (Å²) < 4.78 is 16.7. The monoisotopic (exact) mass is 159 g/mol. The van der Waals surface area contributed by atoms with Gasteiger partial charge in [0, 0.05) is 0 Å². The number of thiol groups is 1.